The lowest BCUT2D eigenvalue weighted by atomic mass is 10.2. The molecule has 2 nitrogen and oxygen atoms in total. The average Bonchev–Trinajstić information content (AvgIpc) is 2.04. The van der Waals surface area contributed by atoms with Crippen LogP contribution in [-0.2, 0) is 0 Å². The van der Waals surface area contributed by atoms with Crippen LogP contribution < -0.4 is 5.73 Å². The molecule has 0 aliphatic rings. The van der Waals surface area contributed by atoms with Crippen LogP contribution in [0.3, 0.4) is 0 Å². The summed E-state index contributed by atoms with van der Waals surface area (Å²) >= 11 is 0. The standard InChI is InChI=1S/C11H16N2/c1-3-5-11(12)13-10-7-4-6-9(2)8-10/h4,6-8H,3,5H2,1-2H3,(H2,12,13). The highest BCUT2D eigenvalue weighted by molar-refractivity contribution is 5.83. The summed E-state index contributed by atoms with van der Waals surface area (Å²) in [5.74, 6) is 0.716. The minimum atomic E-state index is 0.716. The van der Waals surface area contributed by atoms with Gasteiger partial charge in [-0.3, -0.25) is 0 Å². The predicted octanol–water partition coefficient (Wildman–Crippen LogP) is 2.78. The van der Waals surface area contributed by atoms with Crippen LogP contribution in [0, 0.1) is 6.92 Å². The van der Waals surface area contributed by atoms with E-state index < -0.39 is 0 Å². The van der Waals surface area contributed by atoms with Gasteiger partial charge in [-0.1, -0.05) is 19.1 Å². The van der Waals surface area contributed by atoms with E-state index in [1.165, 1.54) is 5.56 Å². The Balaban J connectivity index is 2.78. The third-order valence-electron chi connectivity index (χ3n) is 1.78. The Morgan fingerprint density at radius 3 is 2.85 bits per heavy atom. The zero-order chi connectivity index (χ0) is 9.68. The fraction of sp³-hybridized carbons (Fsp3) is 0.364. The highest BCUT2D eigenvalue weighted by Gasteiger charge is 1.92. The van der Waals surface area contributed by atoms with Crippen molar-refractivity contribution in [2.75, 3.05) is 0 Å². The molecule has 0 unspecified atom stereocenters. The van der Waals surface area contributed by atoms with Gasteiger partial charge in [0.2, 0.25) is 0 Å². The van der Waals surface area contributed by atoms with E-state index >= 15 is 0 Å². The number of nitrogens with two attached hydrogens (primary N) is 1. The first kappa shape index (κ1) is 9.78. The van der Waals surface area contributed by atoms with Crippen molar-refractivity contribution in [3.63, 3.8) is 0 Å². The van der Waals surface area contributed by atoms with E-state index in [-0.39, 0.29) is 0 Å². The number of aryl methyl sites for hydroxylation is 1. The Morgan fingerprint density at radius 2 is 2.23 bits per heavy atom. The fourth-order valence-electron chi connectivity index (χ4n) is 1.18. The predicted molar refractivity (Wildman–Crippen MR) is 57.4 cm³/mol. The molecule has 0 saturated carbocycles. The summed E-state index contributed by atoms with van der Waals surface area (Å²) in [6, 6.07) is 8.04. The van der Waals surface area contributed by atoms with Crippen molar-refractivity contribution in [3.05, 3.63) is 29.8 Å². The van der Waals surface area contributed by atoms with Crippen molar-refractivity contribution in [3.8, 4) is 0 Å². The Bertz CT molecular complexity index is 303. The minimum absolute atomic E-state index is 0.716. The lowest BCUT2D eigenvalue weighted by Gasteiger charge is -1.99. The number of aliphatic imine (C=N–C) groups is 1. The van der Waals surface area contributed by atoms with Gasteiger partial charge in [0.1, 0.15) is 0 Å². The lowest BCUT2D eigenvalue weighted by Crippen LogP contribution is -2.09. The second kappa shape index (κ2) is 4.65. The normalized spacial score (nSPS) is 11.7. The van der Waals surface area contributed by atoms with Crippen LogP contribution in [0.4, 0.5) is 5.69 Å². The van der Waals surface area contributed by atoms with E-state index in [9.17, 15) is 0 Å². The third-order valence-corrected chi connectivity index (χ3v) is 1.78. The third kappa shape index (κ3) is 3.28. The number of benzene rings is 1. The number of nitrogens with zero attached hydrogens (tertiary/aromatic N) is 1. The van der Waals surface area contributed by atoms with Crippen molar-refractivity contribution in [2.24, 2.45) is 10.7 Å². The lowest BCUT2D eigenvalue weighted by molar-refractivity contribution is 0.983. The van der Waals surface area contributed by atoms with Crippen molar-refractivity contribution >= 4 is 11.5 Å². The molecule has 0 aromatic heterocycles. The molecule has 0 aliphatic carbocycles. The average molecular weight is 176 g/mol. The van der Waals surface area contributed by atoms with Gasteiger partial charge >= 0.3 is 0 Å². The largest absolute Gasteiger partial charge is 0.387 e. The molecular formula is C11H16N2. The van der Waals surface area contributed by atoms with Crippen LogP contribution in [0.2, 0.25) is 0 Å². The molecule has 2 heteroatoms. The van der Waals surface area contributed by atoms with E-state index in [1.54, 1.807) is 0 Å². The fourth-order valence-corrected chi connectivity index (χ4v) is 1.18. The van der Waals surface area contributed by atoms with Crippen molar-refractivity contribution < 1.29 is 0 Å². The van der Waals surface area contributed by atoms with E-state index in [0.29, 0.717) is 5.84 Å². The van der Waals surface area contributed by atoms with Gasteiger partial charge in [0.25, 0.3) is 0 Å². The van der Waals surface area contributed by atoms with E-state index in [1.807, 2.05) is 18.2 Å². The van der Waals surface area contributed by atoms with Crippen molar-refractivity contribution in [1.29, 1.82) is 0 Å². The Morgan fingerprint density at radius 1 is 1.46 bits per heavy atom. The van der Waals surface area contributed by atoms with Crippen LogP contribution in [0.25, 0.3) is 0 Å². The second-order valence-corrected chi connectivity index (χ2v) is 3.19. The molecule has 0 spiro atoms. The molecule has 0 heterocycles. The minimum Gasteiger partial charge on any atom is -0.387 e. The van der Waals surface area contributed by atoms with Crippen LogP contribution in [0.5, 0.6) is 0 Å². The maximum Gasteiger partial charge on any atom is 0.0996 e. The van der Waals surface area contributed by atoms with Crippen LogP contribution in [-0.4, -0.2) is 5.84 Å². The molecule has 0 fully saturated rings. The van der Waals surface area contributed by atoms with Gasteiger partial charge in [0.15, 0.2) is 0 Å². The van der Waals surface area contributed by atoms with Gasteiger partial charge in [0, 0.05) is 6.42 Å². The molecule has 0 radical (unpaired) electrons. The zero-order valence-corrected chi connectivity index (χ0v) is 8.25. The molecule has 13 heavy (non-hydrogen) atoms. The molecule has 1 rings (SSSR count). The molecule has 0 atom stereocenters. The topological polar surface area (TPSA) is 38.4 Å². The van der Waals surface area contributed by atoms with E-state index in [4.69, 9.17) is 5.73 Å². The SMILES string of the molecule is CCCC(N)=Nc1cccc(C)c1. The maximum absolute atomic E-state index is 5.72. The highest BCUT2D eigenvalue weighted by atomic mass is 14.8. The molecule has 70 valence electrons. The monoisotopic (exact) mass is 176 g/mol. The van der Waals surface area contributed by atoms with Gasteiger partial charge in [0.05, 0.1) is 11.5 Å². The molecule has 2 N–H and O–H groups in total. The van der Waals surface area contributed by atoms with E-state index in [0.717, 1.165) is 18.5 Å². The Labute approximate surface area is 79.5 Å². The summed E-state index contributed by atoms with van der Waals surface area (Å²) in [6.07, 6.45) is 1.91. The second-order valence-electron chi connectivity index (χ2n) is 3.19. The Kier molecular flexibility index (Phi) is 3.50. The molecule has 0 aliphatic heterocycles. The number of rotatable bonds is 3. The first-order valence-electron chi connectivity index (χ1n) is 4.62. The summed E-state index contributed by atoms with van der Waals surface area (Å²) in [7, 11) is 0. The summed E-state index contributed by atoms with van der Waals surface area (Å²) < 4.78 is 0. The Hall–Kier alpha value is -1.31. The summed E-state index contributed by atoms with van der Waals surface area (Å²) in [5.41, 5.74) is 7.88. The van der Waals surface area contributed by atoms with Crippen LogP contribution in [0.15, 0.2) is 29.3 Å². The number of hydrogen-bond donors (Lipinski definition) is 1. The highest BCUT2D eigenvalue weighted by Crippen LogP contribution is 2.13. The van der Waals surface area contributed by atoms with Crippen LogP contribution in [0.1, 0.15) is 25.3 Å². The zero-order valence-electron chi connectivity index (χ0n) is 8.25. The smallest absolute Gasteiger partial charge is 0.0996 e. The first-order valence-corrected chi connectivity index (χ1v) is 4.62. The summed E-state index contributed by atoms with van der Waals surface area (Å²) in [5, 5.41) is 0. The molecule has 1 aromatic rings. The summed E-state index contributed by atoms with van der Waals surface area (Å²) in [4.78, 5) is 4.30. The molecule has 1 aromatic carbocycles. The van der Waals surface area contributed by atoms with Gasteiger partial charge in [-0.2, -0.15) is 0 Å². The van der Waals surface area contributed by atoms with E-state index in [2.05, 4.69) is 24.9 Å². The first-order chi connectivity index (χ1) is 6.22. The number of amidine groups is 1. The van der Waals surface area contributed by atoms with Crippen molar-refractivity contribution in [1.82, 2.24) is 0 Å². The summed E-state index contributed by atoms with van der Waals surface area (Å²) in [6.45, 7) is 4.15. The molecular weight excluding hydrogens is 160 g/mol. The molecule has 0 bridgehead atoms. The molecule has 0 amide bonds. The number of hydrogen-bond acceptors (Lipinski definition) is 1. The van der Waals surface area contributed by atoms with Gasteiger partial charge in [-0.15, -0.1) is 0 Å². The van der Waals surface area contributed by atoms with Gasteiger partial charge < -0.3 is 5.73 Å². The van der Waals surface area contributed by atoms with Gasteiger partial charge in [-0.05, 0) is 31.0 Å². The van der Waals surface area contributed by atoms with Gasteiger partial charge in [-0.25, -0.2) is 4.99 Å². The maximum atomic E-state index is 5.72. The van der Waals surface area contributed by atoms with Crippen molar-refractivity contribution in [2.45, 2.75) is 26.7 Å². The van der Waals surface area contributed by atoms with Crippen LogP contribution >= 0.6 is 0 Å². The quantitative estimate of drug-likeness (QED) is 0.558. The molecule has 0 saturated heterocycles.